The highest BCUT2D eigenvalue weighted by Gasteiger charge is 2.20. The molecule has 0 saturated heterocycles. The van der Waals surface area contributed by atoms with Gasteiger partial charge in [-0.1, -0.05) is 43.8 Å². The topological polar surface area (TPSA) is 72.7 Å². The second-order valence-corrected chi connectivity index (χ2v) is 7.30. The van der Waals surface area contributed by atoms with Crippen LogP contribution in [0, 0.1) is 0 Å². The van der Waals surface area contributed by atoms with Gasteiger partial charge in [-0.15, -0.1) is 5.10 Å². The van der Waals surface area contributed by atoms with Crippen molar-refractivity contribution in [2.75, 3.05) is 5.32 Å². The van der Waals surface area contributed by atoms with Crippen LogP contribution in [0.25, 0.3) is 0 Å². The number of carbonyl (C=O) groups excluding carboxylic acids is 1. The number of aromatic nitrogens is 4. The van der Waals surface area contributed by atoms with Gasteiger partial charge in [-0.05, 0) is 48.7 Å². The molecule has 1 N–H and O–H groups in total. The SMILES string of the molecule is CC(Sc1nnnn1C(C)C)C(=O)Nc1ccccc1C(C)C. The van der Waals surface area contributed by atoms with E-state index in [1.165, 1.54) is 11.8 Å². The predicted octanol–water partition coefficient (Wildman–Crippen LogP) is 3.50. The summed E-state index contributed by atoms with van der Waals surface area (Å²) >= 11 is 1.36. The highest BCUT2D eigenvalue weighted by Crippen LogP contribution is 2.26. The minimum absolute atomic E-state index is 0.0543. The summed E-state index contributed by atoms with van der Waals surface area (Å²) in [7, 11) is 0. The molecule has 1 unspecified atom stereocenters. The highest BCUT2D eigenvalue weighted by atomic mass is 32.2. The van der Waals surface area contributed by atoms with Crippen molar-refractivity contribution in [1.82, 2.24) is 20.2 Å². The molecule has 0 fully saturated rings. The Morgan fingerprint density at radius 2 is 1.87 bits per heavy atom. The number of hydrogen-bond donors (Lipinski definition) is 1. The molecule has 1 aromatic heterocycles. The zero-order chi connectivity index (χ0) is 17.0. The van der Waals surface area contributed by atoms with Gasteiger partial charge < -0.3 is 5.32 Å². The minimum Gasteiger partial charge on any atom is -0.325 e. The molecule has 1 heterocycles. The number of para-hydroxylation sites is 1. The van der Waals surface area contributed by atoms with Crippen molar-refractivity contribution in [2.24, 2.45) is 0 Å². The summed E-state index contributed by atoms with van der Waals surface area (Å²) in [6.07, 6.45) is 0. The summed E-state index contributed by atoms with van der Waals surface area (Å²) in [6.45, 7) is 10.1. The van der Waals surface area contributed by atoms with E-state index in [0.717, 1.165) is 11.3 Å². The Kier molecular flexibility index (Phi) is 5.76. The van der Waals surface area contributed by atoms with Crippen molar-refractivity contribution in [3.63, 3.8) is 0 Å². The van der Waals surface area contributed by atoms with Crippen LogP contribution in [-0.2, 0) is 4.79 Å². The number of hydrogen-bond acceptors (Lipinski definition) is 5. The normalized spacial score (nSPS) is 12.7. The summed E-state index contributed by atoms with van der Waals surface area (Å²) < 4.78 is 1.72. The number of amides is 1. The lowest BCUT2D eigenvalue weighted by Crippen LogP contribution is -2.24. The Labute approximate surface area is 141 Å². The van der Waals surface area contributed by atoms with E-state index in [-0.39, 0.29) is 17.2 Å². The summed E-state index contributed by atoms with van der Waals surface area (Å²) in [5.41, 5.74) is 1.99. The van der Waals surface area contributed by atoms with E-state index in [9.17, 15) is 4.79 Å². The summed E-state index contributed by atoms with van der Waals surface area (Å²) in [5.74, 6) is 0.295. The van der Waals surface area contributed by atoms with Crippen molar-refractivity contribution < 1.29 is 4.79 Å². The van der Waals surface area contributed by atoms with Crippen molar-refractivity contribution in [3.8, 4) is 0 Å². The van der Waals surface area contributed by atoms with Crippen LogP contribution in [-0.4, -0.2) is 31.4 Å². The number of anilines is 1. The van der Waals surface area contributed by atoms with E-state index in [1.807, 2.05) is 45.0 Å². The quantitative estimate of drug-likeness (QED) is 0.819. The van der Waals surface area contributed by atoms with Crippen molar-refractivity contribution in [2.45, 2.75) is 57.0 Å². The molecule has 0 aliphatic heterocycles. The van der Waals surface area contributed by atoms with Gasteiger partial charge in [-0.2, -0.15) is 0 Å². The summed E-state index contributed by atoms with van der Waals surface area (Å²) in [6, 6.07) is 8.04. The van der Waals surface area contributed by atoms with Crippen molar-refractivity contribution in [3.05, 3.63) is 29.8 Å². The maximum atomic E-state index is 12.5. The number of benzene rings is 1. The maximum absolute atomic E-state index is 12.5. The van der Waals surface area contributed by atoms with Gasteiger partial charge in [-0.25, -0.2) is 4.68 Å². The van der Waals surface area contributed by atoms with E-state index in [2.05, 4.69) is 34.7 Å². The fraction of sp³-hybridized carbons (Fsp3) is 0.500. The Morgan fingerprint density at radius 3 is 2.52 bits per heavy atom. The number of rotatable bonds is 6. The number of thioether (sulfide) groups is 1. The minimum atomic E-state index is -0.293. The largest absolute Gasteiger partial charge is 0.325 e. The van der Waals surface area contributed by atoms with Crippen LogP contribution < -0.4 is 5.32 Å². The first kappa shape index (κ1) is 17.5. The Morgan fingerprint density at radius 1 is 1.17 bits per heavy atom. The van der Waals surface area contributed by atoms with E-state index >= 15 is 0 Å². The average Bonchev–Trinajstić information content (AvgIpc) is 2.95. The van der Waals surface area contributed by atoms with Crippen LogP contribution in [0.3, 0.4) is 0 Å². The molecule has 124 valence electrons. The third-order valence-corrected chi connectivity index (χ3v) is 4.49. The molecule has 1 amide bonds. The first-order valence-electron chi connectivity index (χ1n) is 7.74. The molecule has 0 radical (unpaired) electrons. The first-order chi connectivity index (χ1) is 10.9. The van der Waals surface area contributed by atoms with Gasteiger partial charge in [0.2, 0.25) is 11.1 Å². The van der Waals surface area contributed by atoms with Crippen LogP contribution in [0.1, 0.15) is 52.1 Å². The zero-order valence-corrected chi connectivity index (χ0v) is 15.0. The van der Waals surface area contributed by atoms with E-state index in [1.54, 1.807) is 4.68 Å². The zero-order valence-electron chi connectivity index (χ0n) is 14.1. The fourth-order valence-corrected chi connectivity index (χ4v) is 3.07. The second-order valence-electron chi connectivity index (χ2n) is 5.99. The third-order valence-electron chi connectivity index (χ3n) is 3.44. The molecule has 0 aliphatic rings. The molecule has 2 rings (SSSR count). The second kappa shape index (κ2) is 7.59. The van der Waals surface area contributed by atoms with Gasteiger partial charge in [0.05, 0.1) is 11.3 Å². The highest BCUT2D eigenvalue weighted by molar-refractivity contribution is 8.00. The lowest BCUT2D eigenvalue weighted by Gasteiger charge is -2.16. The van der Waals surface area contributed by atoms with Gasteiger partial charge in [0.15, 0.2) is 0 Å². The Balaban J connectivity index is 2.07. The molecule has 23 heavy (non-hydrogen) atoms. The summed E-state index contributed by atoms with van der Waals surface area (Å²) in [4.78, 5) is 12.5. The van der Waals surface area contributed by atoms with Gasteiger partial charge >= 0.3 is 0 Å². The lowest BCUT2D eigenvalue weighted by atomic mass is 10.0. The molecule has 0 bridgehead atoms. The van der Waals surface area contributed by atoms with Crippen molar-refractivity contribution >= 4 is 23.4 Å². The molecule has 6 nitrogen and oxygen atoms in total. The van der Waals surface area contributed by atoms with Crippen molar-refractivity contribution in [1.29, 1.82) is 0 Å². The van der Waals surface area contributed by atoms with Crippen LogP contribution in [0.5, 0.6) is 0 Å². The average molecular weight is 333 g/mol. The summed E-state index contributed by atoms with van der Waals surface area (Å²) in [5, 5.41) is 15.0. The molecule has 7 heteroatoms. The van der Waals surface area contributed by atoms with E-state index in [0.29, 0.717) is 11.1 Å². The standard InChI is InChI=1S/C16H23N5OS/c1-10(2)13-8-6-7-9-14(13)17-15(22)12(5)23-16-18-19-20-21(16)11(3)4/h6-12H,1-5H3,(H,17,22). The fourth-order valence-electron chi connectivity index (χ4n) is 2.15. The number of nitrogens with one attached hydrogen (secondary N) is 1. The molecule has 1 aromatic carbocycles. The first-order valence-corrected chi connectivity index (χ1v) is 8.62. The van der Waals surface area contributed by atoms with Gasteiger partial charge in [0.1, 0.15) is 0 Å². The molecule has 2 aromatic rings. The number of nitrogens with zero attached hydrogens (tertiary/aromatic N) is 4. The molecular weight excluding hydrogens is 310 g/mol. The molecule has 1 atom stereocenters. The number of carbonyl (C=O) groups is 1. The number of tetrazole rings is 1. The monoisotopic (exact) mass is 333 g/mol. The molecule has 0 saturated carbocycles. The lowest BCUT2D eigenvalue weighted by molar-refractivity contribution is -0.115. The molecular formula is C16H23N5OS. The van der Waals surface area contributed by atoms with Crippen LogP contribution in [0.2, 0.25) is 0 Å². The smallest absolute Gasteiger partial charge is 0.237 e. The van der Waals surface area contributed by atoms with Gasteiger partial charge in [0, 0.05) is 5.69 Å². The molecule has 0 spiro atoms. The van der Waals surface area contributed by atoms with E-state index in [4.69, 9.17) is 0 Å². The third kappa shape index (κ3) is 4.31. The van der Waals surface area contributed by atoms with Gasteiger partial charge in [0.25, 0.3) is 0 Å². The Hall–Kier alpha value is -1.89. The van der Waals surface area contributed by atoms with E-state index < -0.39 is 0 Å². The van der Waals surface area contributed by atoms with Crippen LogP contribution >= 0.6 is 11.8 Å². The van der Waals surface area contributed by atoms with Gasteiger partial charge in [-0.3, -0.25) is 4.79 Å². The van der Waals surface area contributed by atoms with Crippen LogP contribution in [0.4, 0.5) is 5.69 Å². The Bertz CT molecular complexity index is 668. The predicted molar refractivity (Wildman–Crippen MR) is 92.7 cm³/mol. The molecule has 0 aliphatic carbocycles. The van der Waals surface area contributed by atoms with Crippen LogP contribution in [0.15, 0.2) is 29.4 Å². The maximum Gasteiger partial charge on any atom is 0.237 e.